The summed E-state index contributed by atoms with van der Waals surface area (Å²) in [7, 11) is 0. The molecule has 0 atom stereocenters. The van der Waals surface area contributed by atoms with Crippen LogP contribution < -0.4 is 10.5 Å². The highest BCUT2D eigenvalue weighted by Crippen LogP contribution is 2.27. The monoisotopic (exact) mass is 296 g/mol. The van der Waals surface area contributed by atoms with Gasteiger partial charge in [-0.2, -0.15) is 0 Å². The molecule has 17 heavy (non-hydrogen) atoms. The Labute approximate surface area is 107 Å². The zero-order valence-corrected chi connectivity index (χ0v) is 10.7. The van der Waals surface area contributed by atoms with Gasteiger partial charge in [0.1, 0.15) is 0 Å². The van der Waals surface area contributed by atoms with Gasteiger partial charge in [-0.3, -0.25) is 0 Å². The predicted octanol–water partition coefficient (Wildman–Crippen LogP) is 3.67. The molecular weight excluding hydrogens is 287 g/mol. The Morgan fingerprint density at radius 3 is 2.82 bits per heavy atom. The molecule has 0 aliphatic rings. The van der Waals surface area contributed by atoms with Gasteiger partial charge in [-0.1, -0.05) is 15.9 Å². The maximum atomic E-state index is 13.4. The van der Waals surface area contributed by atoms with Crippen molar-refractivity contribution in [2.45, 2.75) is 6.92 Å². The molecule has 1 aromatic carbocycles. The maximum absolute atomic E-state index is 13.4. The average Bonchev–Trinajstić information content (AvgIpc) is 2.29. The summed E-state index contributed by atoms with van der Waals surface area (Å²) in [5, 5.41) is 0. The van der Waals surface area contributed by atoms with E-state index in [1.165, 1.54) is 12.1 Å². The highest BCUT2D eigenvalue weighted by Gasteiger charge is 2.07. The lowest BCUT2D eigenvalue weighted by molar-refractivity contribution is 0.427. The van der Waals surface area contributed by atoms with Crippen LogP contribution in [0.1, 0.15) is 5.56 Å². The minimum atomic E-state index is -0.450. The maximum Gasteiger partial charge on any atom is 0.221 e. The molecule has 5 heteroatoms. The second-order valence-electron chi connectivity index (χ2n) is 3.56. The van der Waals surface area contributed by atoms with Crippen LogP contribution in [0.15, 0.2) is 34.9 Å². The number of ether oxygens (including phenoxy) is 1. The summed E-state index contributed by atoms with van der Waals surface area (Å²) in [6.45, 7) is 1.84. The largest absolute Gasteiger partial charge is 0.436 e. The minimum absolute atomic E-state index is 0.107. The SMILES string of the molecule is Cc1cnc(Oc2cc(Br)ccc2F)cc1N. The van der Waals surface area contributed by atoms with Gasteiger partial charge in [0, 0.05) is 22.4 Å². The van der Waals surface area contributed by atoms with E-state index in [0.29, 0.717) is 5.69 Å². The highest BCUT2D eigenvalue weighted by molar-refractivity contribution is 9.10. The first-order chi connectivity index (χ1) is 8.06. The van der Waals surface area contributed by atoms with Crippen molar-refractivity contribution in [2.75, 3.05) is 5.73 Å². The molecule has 0 aliphatic heterocycles. The van der Waals surface area contributed by atoms with Gasteiger partial charge in [0.05, 0.1) is 0 Å². The van der Waals surface area contributed by atoms with E-state index >= 15 is 0 Å². The molecule has 0 saturated carbocycles. The zero-order chi connectivity index (χ0) is 12.4. The van der Waals surface area contributed by atoms with Crippen molar-refractivity contribution < 1.29 is 9.13 Å². The van der Waals surface area contributed by atoms with Crippen molar-refractivity contribution in [1.82, 2.24) is 4.98 Å². The van der Waals surface area contributed by atoms with Gasteiger partial charge in [-0.25, -0.2) is 9.37 Å². The van der Waals surface area contributed by atoms with Crippen molar-refractivity contribution in [3.63, 3.8) is 0 Å². The number of nitrogen functional groups attached to an aromatic ring is 1. The molecule has 1 heterocycles. The molecule has 2 N–H and O–H groups in total. The normalized spacial score (nSPS) is 10.3. The number of rotatable bonds is 2. The van der Waals surface area contributed by atoms with E-state index in [2.05, 4.69) is 20.9 Å². The molecule has 0 unspecified atom stereocenters. The average molecular weight is 297 g/mol. The van der Waals surface area contributed by atoms with Gasteiger partial charge in [-0.15, -0.1) is 0 Å². The van der Waals surface area contributed by atoms with Crippen LogP contribution in [0.2, 0.25) is 0 Å². The third-order valence-electron chi connectivity index (χ3n) is 2.23. The highest BCUT2D eigenvalue weighted by atomic mass is 79.9. The second kappa shape index (κ2) is 4.71. The summed E-state index contributed by atoms with van der Waals surface area (Å²) in [4.78, 5) is 4.02. The number of aromatic nitrogens is 1. The number of aryl methyl sites for hydroxylation is 1. The standard InChI is InChI=1S/C12H10BrFN2O/c1-7-6-16-12(5-10(7)15)17-11-4-8(13)2-3-9(11)14/h2-6H,1H3,(H2,15,16). The third-order valence-corrected chi connectivity index (χ3v) is 2.72. The van der Waals surface area contributed by atoms with Crippen LogP contribution in [0.25, 0.3) is 0 Å². The topological polar surface area (TPSA) is 48.1 Å². The van der Waals surface area contributed by atoms with E-state index in [4.69, 9.17) is 10.5 Å². The number of nitrogens with zero attached hydrogens (tertiary/aromatic N) is 1. The van der Waals surface area contributed by atoms with Crippen LogP contribution in [-0.4, -0.2) is 4.98 Å². The minimum Gasteiger partial charge on any atom is -0.436 e. The number of hydrogen-bond acceptors (Lipinski definition) is 3. The fourth-order valence-corrected chi connectivity index (χ4v) is 1.58. The quantitative estimate of drug-likeness (QED) is 0.920. The Hall–Kier alpha value is -1.62. The van der Waals surface area contributed by atoms with Crippen LogP contribution in [0.4, 0.5) is 10.1 Å². The van der Waals surface area contributed by atoms with E-state index in [-0.39, 0.29) is 11.6 Å². The number of pyridine rings is 1. The van der Waals surface area contributed by atoms with E-state index in [0.717, 1.165) is 10.0 Å². The van der Waals surface area contributed by atoms with Crippen LogP contribution in [0, 0.1) is 12.7 Å². The molecule has 3 nitrogen and oxygen atoms in total. The lowest BCUT2D eigenvalue weighted by Crippen LogP contribution is -1.95. The molecule has 0 saturated heterocycles. The molecule has 0 amide bonds. The lowest BCUT2D eigenvalue weighted by atomic mass is 10.3. The molecule has 88 valence electrons. The Morgan fingerprint density at radius 2 is 2.12 bits per heavy atom. The summed E-state index contributed by atoms with van der Waals surface area (Å²) in [5.41, 5.74) is 7.13. The zero-order valence-electron chi connectivity index (χ0n) is 9.08. The predicted molar refractivity (Wildman–Crippen MR) is 67.6 cm³/mol. The first-order valence-corrected chi connectivity index (χ1v) is 5.70. The molecule has 1 aromatic heterocycles. The van der Waals surface area contributed by atoms with E-state index in [9.17, 15) is 4.39 Å². The molecule has 0 aliphatic carbocycles. The first-order valence-electron chi connectivity index (χ1n) is 4.91. The van der Waals surface area contributed by atoms with Gasteiger partial charge in [0.15, 0.2) is 11.6 Å². The first kappa shape index (κ1) is 11.9. The van der Waals surface area contributed by atoms with Crippen molar-refractivity contribution in [3.05, 3.63) is 46.3 Å². The Morgan fingerprint density at radius 1 is 1.35 bits per heavy atom. The number of nitrogens with two attached hydrogens (primary N) is 1. The molecule has 2 rings (SSSR count). The van der Waals surface area contributed by atoms with Gasteiger partial charge < -0.3 is 10.5 Å². The van der Waals surface area contributed by atoms with Crippen LogP contribution in [0.5, 0.6) is 11.6 Å². The number of benzene rings is 1. The molecule has 0 spiro atoms. The fraction of sp³-hybridized carbons (Fsp3) is 0.0833. The molecule has 2 aromatic rings. The Kier molecular flexibility index (Phi) is 3.28. The van der Waals surface area contributed by atoms with E-state index in [1.807, 2.05) is 6.92 Å². The summed E-state index contributed by atoms with van der Waals surface area (Å²) in [6, 6.07) is 6.01. The van der Waals surface area contributed by atoms with Crippen LogP contribution in [-0.2, 0) is 0 Å². The lowest BCUT2D eigenvalue weighted by Gasteiger charge is -2.07. The Bertz CT molecular complexity index is 560. The Balaban J connectivity index is 2.31. The smallest absolute Gasteiger partial charge is 0.221 e. The van der Waals surface area contributed by atoms with Gasteiger partial charge in [0.2, 0.25) is 5.88 Å². The molecular formula is C12H10BrFN2O. The van der Waals surface area contributed by atoms with Crippen molar-refractivity contribution in [1.29, 1.82) is 0 Å². The summed E-state index contributed by atoms with van der Waals surface area (Å²) < 4.78 is 19.5. The number of halogens is 2. The van der Waals surface area contributed by atoms with Gasteiger partial charge in [-0.05, 0) is 30.7 Å². The number of hydrogen-bond donors (Lipinski definition) is 1. The fourth-order valence-electron chi connectivity index (χ4n) is 1.24. The van der Waals surface area contributed by atoms with E-state index < -0.39 is 5.82 Å². The van der Waals surface area contributed by atoms with Crippen molar-refractivity contribution >= 4 is 21.6 Å². The second-order valence-corrected chi connectivity index (χ2v) is 4.47. The van der Waals surface area contributed by atoms with Gasteiger partial charge >= 0.3 is 0 Å². The number of anilines is 1. The molecule has 0 fully saturated rings. The third kappa shape index (κ3) is 2.74. The summed E-state index contributed by atoms with van der Waals surface area (Å²) in [6.07, 6.45) is 1.58. The molecule has 0 radical (unpaired) electrons. The van der Waals surface area contributed by atoms with Crippen molar-refractivity contribution in [3.8, 4) is 11.6 Å². The van der Waals surface area contributed by atoms with Crippen LogP contribution >= 0.6 is 15.9 Å². The van der Waals surface area contributed by atoms with E-state index in [1.54, 1.807) is 18.3 Å². The van der Waals surface area contributed by atoms with Crippen LogP contribution in [0.3, 0.4) is 0 Å². The van der Waals surface area contributed by atoms with Gasteiger partial charge in [0.25, 0.3) is 0 Å². The summed E-state index contributed by atoms with van der Waals surface area (Å²) >= 11 is 3.24. The summed E-state index contributed by atoms with van der Waals surface area (Å²) in [5.74, 6) is -0.0747. The molecule has 0 bridgehead atoms. The van der Waals surface area contributed by atoms with Crippen molar-refractivity contribution in [2.24, 2.45) is 0 Å².